The number of rotatable bonds is 6. The molecule has 2 aromatic carbocycles. The maximum Gasteiger partial charge on any atom is 0.339 e. The summed E-state index contributed by atoms with van der Waals surface area (Å²) in [5.74, 6) is -1.56. The number of fused-ring (bicyclic) bond motifs is 2. The highest BCUT2D eigenvalue weighted by molar-refractivity contribution is 7.91. The van der Waals surface area contributed by atoms with Crippen LogP contribution in [0.5, 0.6) is 5.75 Å². The highest BCUT2D eigenvalue weighted by atomic mass is 32.2. The molecule has 11 heteroatoms. The molecule has 40 heavy (non-hydrogen) atoms. The molecule has 2 aliphatic heterocycles. The molecule has 214 valence electrons. The van der Waals surface area contributed by atoms with Gasteiger partial charge in [0, 0.05) is 42.3 Å². The van der Waals surface area contributed by atoms with E-state index in [1.165, 1.54) is 17.7 Å². The van der Waals surface area contributed by atoms with Gasteiger partial charge in [-0.1, -0.05) is 6.07 Å². The normalized spacial score (nSPS) is 17.5. The van der Waals surface area contributed by atoms with Crippen LogP contribution in [0.15, 0.2) is 29.1 Å². The van der Waals surface area contributed by atoms with Gasteiger partial charge >= 0.3 is 5.97 Å². The van der Waals surface area contributed by atoms with Crippen molar-refractivity contribution in [3.63, 3.8) is 0 Å². The number of carboxylic acids is 1. The van der Waals surface area contributed by atoms with Gasteiger partial charge in [0.2, 0.25) is 0 Å². The number of halogens is 1. The van der Waals surface area contributed by atoms with Crippen LogP contribution in [0.2, 0.25) is 0 Å². The zero-order valence-corrected chi connectivity index (χ0v) is 23.8. The van der Waals surface area contributed by atoms with Crippen molar-refractivity contribution >= 4 is 32.3 Å². The van der Waals surface area contributed by atoms with E-state index in [4.69, 9.17) is 9.47 Å². The first-order chi connectivity index (χ1) is 18.9. The first-order valence-electron chi connectivity index (χ1n) is 13.3. The van der Waals surface area contributed by atoms with Crippen molar-refractivity contribution in [2.75, 3.05) is 36.1 Å². The lowest BCUT2D eigenvalue weighted by atomic mass is 9.87. The third-order valence-corrected chi connectivity index (χ3v) is 9.33. The van der Waals surface area contributed by atoms with Crippen LogP contribution in [0.25, 0.3) is 21.9 Å². The number of nitrogens with zero attached hydrogens (tertiary/aromatic N) is 2. The second-order valence-corrected chi connectivity index (χ2v) is 13.0. The molecular weight excluding hydrogens is 539 g/mol. The van der Waals surface area contributed by atoms with Gasteiger partial charge in [0.15, 0.2) is 27.5 Å². The molecule has 0 radical (unpaired) electrons. The number of benzene rings is 2. The van der Waals surface area contributed by atoms with E-state index in [1.54, 1.807) is 32.0 Å². The Hall–Kier alpha value is -3.44. The molecule has 0 amide bonds. The number of aromatic nitrogens is 1. The molecule has 2 aliphatic rings. The lowest BCUT2D eigenvalue weighted by molar-refractivity contribution is -0.154. The average Bonchev–Trinajstić information content (AvgIpc) is 2.91. The fourth-order valence-corrected chi connectivity index (χ4v) is 6.91. The van der Waals surface area contributed by atoms with Gasteiger partial charge in [0.25, 0.3) is 5.56 Å². The molecule has 0 spiro atoms. The molecule has 0 saturated carbocycles. The summed E-state index contributed by atoms with van der Waals surface area (Å²) in [6, 6.07) is 6.57. The number of pyridine rings is 1. The summed E-state index contributed by atoms with van der Waals surface area (Å²) < 4.78 is 52.1. The Bertz CT molecular complexity index is 1670. The van der Waals surface area contributed by atoms with E-state index in [2.05, 4.69) is 0 Å². The standard InChI is InChI=1S/C29H33FN2O7S/c1-16(2)39-27(29(34)35)25-24(21-15-23(30)26-19(17(21)3)6-5-11-38-26)20-8-7-18(14-22(20)28(33)31(25)4)32-9-12-40(36,37)13-10-32/h7-8,14-16,27H,5-6,9-13H2,1-4H3,(H,34,35)/t27-/m0/s1. The molecule has 3 heterocycles. The van der Waals surface area contributed by atoms with Gasteiger partial charge in [0.1, 0.15) is 0 Å². The number of anilines is 1. The Morgan fingerprint density at radius 3 is 2.50 bits per heavy atom. The van der Waals surface area contributed by atoms with E-state index in [1.807, 2.05) is 11.8 Å². The average molecular weight is 573 g/mol. The number of carboxylic acid groups (broad SMARTS) is 1. The van der Waals surface area contributed by atoms with Gasteiger partial charge in [-0.15, -0.1) is 0 Å². The van der Waals surface area contributed by atoms with Gasteiger partial charge in [-0.25, -0.2) is 17.6 Å². The Labute approximate surface area is 232 Å². The molecule has 0 unspecified atom stereocenters. The molecule has 3 aromatic rings. The van der Waals surface area contributed by atoms with Crippen molar-refractivity contribution in [1.82, 2.24) is 4.57 Å². The number of carbonyl (C=O) groups is 1. The number of sulfone groups is 1. The molecule has 1 atom stereocenters. The third kappa shape index (κ3) is 4.96. The number of ether oxygens (including phenoxy) is 2. The molecule has 1 fully saturated rings. The van der Waals surface area contributed by atoms with Gasteiger partial charge in [0.05, 0.1) is 29.9 Å². The van der Waals surface area contributed by atoms with E-state index in [9.17, 15) is 23.1 Å². The van der Waals surface area contributed by atoms with Crippen molar-refractivity contribution in [3.8, 4) is 16.9 Å². The van der Waals surface area contributed by atoms with E-state index >= 15 is 4.39 Å². The second-order valence-electron chi connectivity index (χ2n) is 10.7. The van der Waals surface area contributed by atoms with E-state index in [0.29, 0.717) is 53.7 Å². The lowest BCUT2D eigenvalue weighted by Crippen LogP contribution is -2.40. The van der Waals surface area contributed by atoms with Gasteiger partial charge < -0.3 is 24.0 Å². The topological polar surface area (TPSA) is 115 Å². The lowest BCUT2D eigenvalue weighted by Gasteiger charge is -2.30. The van der Waals surface area contributed by atoms with Crippen LogP contribution in [-0.2, 0) is 32.8 Å². The van der Waals surface area contributed by atoms with Gasteiger partial charge in [-0.05, 0) is 68.3 Å². The minimum absolute atomic E-state index is 0.0235. The molecule has 9 nitrogen and oxygen atoms in total. The van der Waals surface area contributed by atoms with Crippen LogP contribution >= 0.6 is 0 Å². The Morgan fingerprint density at radius 1 is 1.15 bits per heavy atom. The van der Waals surface area contributed by atoms with Crippen LogP contribution in [-0.4, -0.2) is 61.4 Å². The van der Waals surface area contributed by atoms with Gasteiger partial charge in [-0.3, -0.25) is 4.79 Å². The van der Waals surface area contributed by atoms with E-state index < -0.39 is 39.4 Å². The minimum atomic E-state index is -3.10. The van der Waals surface area contributed by atoms with Gasteiger partial charge in [-0.2, -0.15) is 0 Å². The van der Waals surface area contributed by atoms with Crippen LogP contribution in [0.3, 0.4) is 0 Å². The second kappa shape index (κ2) is 10.5. The Kier molecular flexibility index (Phi) is 7.39. The third-order valence-electron chi connectivity index (χ3n) is 7.72. The van der Waals surface area contributed by atoms with Crippen molar-refractivity contribution in [2.45, 2.75) is 45.8 Å². The fourth-order valence-electron chi connectivity index (χ4n) is 5.71. The molecule has 1 saturated heterocycles. The maximum atomic E-state index is 15.5. The zero-order valence-electron chi connectivity index (χ0n) is 23.0. The first kappa shape index (κ1) is 28.1. The van der Waals surface area contributed by atoms with Crippen LogP contribution in [0, 0.1) is 12.7 Å². The Morgan fingerprint density at radius 2 is 1.85 bits per heavy atom. The summed E-state index contributed by atoms with van der Waals surface area (Å²) in [5.41, 5.74) is 2.71. The summed E-state index contributed by atoms with van der Waals surface area (Å²) in [4.78, 5) is 28.2. The summed E-state index contributed by atoms with van der Waals surface area (Å²) >= 11 is 0. The predicted molar refractivity (Wildman–Crippen MR) is 151 cm³/mol. The molecule has 5 rings (SSSR count). The number of hydrogen-bond donors (Lipinski definition) is 1. The Balaban J connectivity index is 1.82. The van der Waals surface area contributed by atoms with E-state index in [0.717, 1.165) is 17.5 Å². The summed E-state index contributed by atoms with van der Waals surface area (Å²) in [6.45, 7) is 6.29. The minimum Gasteiger partial charge on any atom is -0.490 e. The van der Waals surface area contributed by atoms with E-state index in [-0.39, 0.29) is 22.9 Å². The van der Waals surface area contributed by atoms with Crippen LogP contribution < -0.4 is 15.2 Å². The largest absolute Gasteiger partial charge is 0.490 e. The first-order valence-corrected chi connectivity index (χ1v) is 15.2. The molecule has 0 bridgehead atoms. The number of aliphatic carboxylic acids is 1. The predicted octanol–water partition coefficient (Wildman–Crippen LogP) is 3.76. The highest BCUT2D eigenvalue weighted by Crippen LogP contribution is 2.43. The quantitative estimate of drug-likeness (QED) is 0.475. The van der Waals surface area contributed by atoms with Crippen molar-refractivity contribution in [3.05, 3.63) is 57.3 Å². The molecule has 0 aliphatic carbocycles. The SMILES string of the molecule is Cc1c(-c2c([C@H](OC(C)C)C(=O)O)n(C)c(=O)c3cc(N4CCS(=O)(=O)CC4)ccc23)cc(F)c2c1CCCO2. The van der Waals surface area contributed by atoms with Crippen molar-refractivity contribution in [2.24, 2.45) is 7.05 Å². The molecule has 1 N–H and O–H groups in total. The number of hydrogen-bond acceptors (Lipinski definition) is 7. The fraction of sp³-hybridized carbons (Fsp3) is 0.448. The maximum absolute atomic E-state index is 15.5. The summed E-state index contributed by atoms with van der Waals surface area (Å²) in [6.07, 6.45) is -0.621. The summed E-state index contributed by atoms with van der Waals surface area (Å²) in [5, 5.41) is 11.0. The van der Waals surface area contributed by atoms with Crippen molar-refractivity contribution < 1.29 is 32.2 Å². The van der Waals surface area contributed by atoms with Crippen LogP contribution in [0.1, 0.15) is 43.2 Å². The zero-order chi connectivity index (χ0) is 28.9. The van der Waals surface area contributed by atoms with Crippen LogP contribution in [0.4, 0.5) is 10.1 Å². The van der Waals surface area contributed by atoms with Crippen molar-refractivity contribution in [1.29, 1.82) is 0 Å². The highest BCUT2D eigenvalue weighted by Gasteiger charge is 2.33. The summed E-state index contributed by atoms with van der Waals surface area (Å²) in [7, 11) is -1.60. The molecule has 1 aromatic heterocycles. The molecular formula is C29H33FN2O7S. The smallest absolute Gasteiger partial charge is 0.339 e. The monoisotopic (exact) mass is 572 g/mol.